The van der Waals surface area contributed by atoms with Crippen molar-refractivity contribution in [1.82, 2.24) is 5.32 Å². The van der Waals surface area contributed by atoms with Gasteiger partial charge in [-0.3, -0.25) is 9.79 Å². The van der Waals surface area contributed by atoms with Crippen molar-refractivity contribution in [1.29, 1.82) is 0 Å². The highest BCUT2D eigenvalue weighted by atomic mass is 16.1. The van der Waals surface area contributed by atoms with E-state index >= 15 is 0 Å². The standard InChI is InChI=1S/C14H18N2O/c1-10(2)14(17)13(16-11(3)15-4)12-8-6-5-7-9-12/h5-9,13H,1H2,2-4H3,(H,15,16). The molecule has 0 amide bonds. The van der Waals surface area contributed by atoms with E-state index in [4.69, 9.17) is 0 Å². The quantitative estimate of drug-likeness (QED) is 0.490. The number of hydrogen-bond acceptors (Lipinski definition) is 2. The van der Waals surface area contributed by atoms with Crippen LogP contribution in [-0.2, 0) is 4.79 Å². The lowest BCUT2D eigenvalue weighted by Gasteiger charge is -2.18. The molecule has 0 saturated carbocycles. The Labute approximate surface area is 102 Å². The molecule has 1 atom stereocenters. The summed E-state index contributed by atoms with van der Waals surface area (Å²) in [5, 5.41) is 3.10. The third-order valence-corrected chi connectivity index (χ3v) is 2.50. The predicted molar refractivity (Wildman–Crippen MR) is 71.2 cm³/mol. The molecule has 1 unspecified atom stereocenters. The molecule has 17 heavy (non-hydrogen) atoms. The van der Waals surface area contributed by atoms with Crippen LogP contribution in [0.15, 0.2) is 47.5 Å². The number of hydrogen-bond donors (Lipinski definition) is 1. The van der Waals surface area contributed by atoms with Gasteiger partial charge in [-0.1, -0.05) is 36.9 Å². The van der Waals surface area contributed by atoms with E-state index in [9.17, 15) is 4.79 Å². The molecule has 0 aliphatic rings. The molecular formula is C14H18N2O. The third kappa shape index (κ3) is 3.55. The number of benzene rings is 1. The number of nitrogens with one attached hydrogen (secondary N) is 1. The Balaban J connectivity index is 3.03. The summed E-state index contributed by atoms with van der Waals surface area (Å²) in [7, 11) is 1.69. The number of amidine groups is 1. The Morgan fingerprint density at radius 3 is 2.35 bits per heavy atom. The SMILES string of the molecule is C=C(C)C(=O)C(NC(C)=NC)c1ccccc1. The summed E-state index contributed by atoms with van der Waals surface area (Å²) in [6, 6.07) is 9.18. The minimum absolute atomic E-state index is 0.0146. The molecule has 0 fully saturated rings. The number of rotatable bonds is 4. The van der Waals surface area contributed by atoms with Crippen LogP contribution in [0.2, 0.25) is 0 Å². The van der Waals surface area contributed by atoms with Crippen LogP contribution in [0.1, 0.15) is 25.5 Å². The first kappa shape index (κ1) is 13.2. The Morgan fingerprint density at radius 1 is 1.29 bits per heavy atom. The largest absolute Gasteiger partial charge is 0.360 e. The topological polar surface area (TPSA) is 41.5 Å². The molecule has 1 N–H and O–H groups in total. The first-order valence-corrected chi connectivity index (χ1v) is 5.51. The lowest BCUT2D eigenvalue weighted by atomic mass is 9.99. The fourth-order valence-electron chi connectivity index (χ4n) is 1.47. The molecule has 0 bridgehead atoms. The van der Waals surface area contributed by atoms with Crippen LogP contribution in [-0.4, -0.2) is 18.7 Å². The number of nitrogens with zero attached hydrogens (tertiary/aromatic N) is 1. The van der Waals surface area contributed by atoms with Gasteiger partial charge in [0.2, 0.25) is 0 Å². The van der Waals surface area contributed by atoms with Crippen molar-refractivity contribution in [2.24, 2.45) is 4.99 Å². The second-order valence-corrected chi connectivity index (χ2v) is 3.94. The van der Waals surface area contributed by atoms with E-state index < -0.39 is 6.04 Å². The smallest absolute Gasteiger partial charge is 0.184 e. The molecule has 1 rings (SSSR count). The zero-order valence-electron chi connectivity index (χ0n) is 10.5. The van der Waals surface area contributed by atoms with Gasteiger partial charge in [0.15, 0.2) is 5.78 Å². The molecule has 3 heteroatoms. The highest BCUT2D eigenvalue weighted by molar-refractivity contribution is 6.01. The second kappa shape index (κ2) is 5.99. The van der Waals surface area contributed by atoms with Gasteiger partial charge in [-0.05, 0) is 25.0 Å². The number of carbonyl (C=O) groups is 1. The molecule has 90 valence electrons. The maximum absolute atomic E-state index is 12.1. The Morgan fingerprint density at radius 2 is 1.88 bits per heavy atom. The fourth-order valence-corrected chi connectivity index (χ4v) is 1.47. The highest BCUT2D eigenvalue weighted by Gasteiger charge is 2.20. The summed E-state index contributed by atoms with van der Waals surface area (Å²) in [6.07, 6.45) is 0. The summed E-state index contributed by atoms with van der Waals surface area (Å²) in [5.41, 5.74) is 1.46. The minimum Gasteiger partial charge on any atom is -0.360 e. The van der Waals surface area contributed by atoms with E-state index in [-0.39, 0.29) is 5.78 Å². The van der Waals surface area contributed by atoms with Crippen LogP contribution in [0.5, 0.6) is 0 Å². The normalized spacial score (nSPS) is 13.0. The molecule has 1 aromatic carbocycles. The van der Waals surface area contributed by atoms with Crippen LogP contribution in [0.4, 0.5) is 0 Å². The predicted octanol–water partition coefficient (Wildman–Crippen LogP) is 2.51. The molecule has 3 nitrogen and oxygen atoms in total. The lowest BCUT2D eigenvalue weighted by molar-refractivity contribution is -0.117. The third-order valence-electron chi connectivity index (χ3n) is 2.50. The summed E-state index contributed by atoms with van der Waals surface area (Å²) < 4.78 is 0. The van der Waals surface area contributed by atoms with Crippen LogP contribution >= 0.6 is 0 Å². The van der Waals surface area contributed by atoms with Crippen LogP contribution in [0.25, 0.3) is 0 Å². The van der Waals surface area contributed by atoms with Crippen molar-refractivity contribution >= 4 is 11.6 Å². The highest BCUT2D eigenvalue weighted by Crippen LogP contribution is 2.16. The van der Waals surface area contributed by atoms with Gasteiger partial charge in [-0.15, -0.1) is 0 Å². The van der Waals surface area contributed by atoms with Gasteiger partial charge >= 0.3 is 0 Å². The first-order chi connectivity index (χ1) is 8.06. The molecule has 0 aliphatic heterocycles. The molecule has 1 aromatic rings. The van der Waals surface area contributed by atoms with E-state index in [1.807, 2.05) is 37.3 Å². The Bertz CT molecular complexity index is 435. The summed E-state index contributed by atoms with van der Waals surface area (Å²) in [5.74, 6) is 0.715. The first-order valence-electron chi connectivity index (χ1n) is 5.51. The molecular weight excluding hydrogens is 212 g/mol. The lowest BCUT2D eigenvalue weighted by Crippen LogP contribution is -2.32. The number of ketones is 1. The zero-order valence-corrected chi connectivity index (χ0v) is 10.5. The Kier molecular flexibility index (Phi) is 4.64. The number of aliphatic imine (C=N–C) groups is 1. The monoisotopic (exact) mass is 230 g/mol. The molecule has 0 heterocycles. The van der Waals surface area contributed by atoms with E-state index in [0.717, 1.165) is 11.4 Å². The molecule has 0 aromatic heterocycles. The van der Waals surface area contributed by atoms with Crippen molar-refractivity contribution < 1.29 is 4.79 Å². The second-order valence-electron chi connectivity index (χ2n) is 3.94. The summed E-state index contributed by atoms with van der Waals surface area (Å²) in [6.45, 7) is 7.26. The number of carbonyl (C=O) groups excluding carboxylic acids is 1. The van der Waals surface area contributed by atoms with Crippen LogP contribution < -0.4 is 5.32 Å². The van der Waals surface area contributed by atoms with E-state index in [0.29, 0.717) is 5.57 Å². The van der Waals surface area contributed by atoms with Crippen molar-refractivity contribution in [2.75, 3.05) is 7.05 Å². The van der Waals surface area contributed by atoms with Gasteiger partial charge in [0.05, 0.1) is 5.84 Å². The Hall–Kier alpha value is -1.90. The van der Waals surface area contributed by atoms with E-state index in [2.05, 4.69) is 16.9 Å². The number of Topliss-reactive ketones (excluding diaryl/α,β-unsaturated/α-hetero) is 1. The van der Waals surface area contributed by atoms with Gasteiger partial charge in [0.25, 0.3) is 0 Å². The van der Waals surface area contributed by atoms with E-state index in [1.165, 1.54) is 0 Å². The van der Waals surface area contributed by atoms with Gasteiger partial charge in [-0.2, -0.15) is 0 Å². The summed E-state index contributed by atoms with van der Waals surface area (Å²) >= 11 is 0. The maximum Gasteiger partial charge on any atom is 0.184 e. The van der Waals surface area contributed by atoms with Crippen LogP contribution in [0, 0.1) is 0 Å². The van der Waals surface area contributed by atoms with Crippen molar-refractivity contribution in [3.05, 3.63) is 48.0 Å². The molecule has 0 radical (unpaired) electrons. The van der Waals surface area contributed by atoms with Gasteiger partial charge in [0, 0.05) is 7.05 Å². The minimum atomic E-state index is -0.405. The fraction of sp³-hybridized carbons (Fsp3) is 0.286. The van der Waals surface area contributed by atoms with Gasteiger partial charge in [0.1, 0.15) is 6.04 Å². The van der Waals surface area contributed by atoms with Gasteiger partial charge in [-0.25, -0.2) is 0 Å². The molecule has 0 saturated heterocycles. The average Bonchev–Trinajstić information content (AvgIpc) is 2.35. The average molecular weight is 230 g/mol. The van der Waals surface area contributed by atoms with Crippen molar-refractivity contribution in [3.63, 3.8) is 0 Å². The summed E-state index contributed by atoms with van der Waals surface area (Å²) in [4.78, 5) is 16.1. The van der Waals surface area contributed by atoms with Crippen LogP contribution in [0.3, 0.4) is 0 Å². The molecule has 0 spiro atoms. The van der Waals surface area contributed by atoms with Crippen molar-refractivity contribution in [3.8, 4) is 0 Å². The van der Waals surface area contributed by atoms with Gasteiger partial charge < -0.3 is 5.32 Å². The van der Waals surface area contributed by atoms with E-state index in [1.54, 1.807) is 14.0 Å². The zero-order chi connectivity index (χ0) is 12.8. The molecule has 0 aliphatic carbocycles. The maximum atomic E-state index is 12.1. The van der Waals surface area contributed by atoms with Crippen molar-refractivity contribution in [2.45, 2.75) is 19.9 Å².